The second-order valence-corrected chi connectivity index (χ2v) is 5.22. The van der Waals surface area contributed by atoms with Gasteiger partial charge in [0.15, 0.2) is 0 Å². The van der Waals surface area contributed by atoms with E-state index >= 15 is 0 Å². The third-order valence-corrected chi connectivity index (χ3v) is 3.61. The molecule has 0 saturated heterocycles. The molecule has 1 aliphatic heterocycles. The molecule has 0 bridgehead atoms. The maximum absolute atomic E-state index is 12.4. The Balaban J connectivity index is 1.73. The summed E-state index contributed by atoms with van der Waals surface area (Å²) < 4.78 is 11.1. The number of ether oxygens (including phenoxy) is 1. The molecule has 0 unspecified atom stereocenters. The molecule has 3 aromatic rings. The molecule has 23 heavy (non-hydrogen) atoms. The molecule has 0 fully saturated rings. The predicted molar refractivity (Wildman–Crippen MR) is 80.6 cm³/mol. The summed E-state index contributed by atoms with van der Waals surface area (Å²) in [7, 11) is 0. The number of hydrogen-bond acceptors (Lipinski definition) is 6. The molecular formula is C16H12N4O3. The van der Waals surface area contributed by atoms with Crippen molar-refractivity contribution in [3.8, 4) is 17.3 Å². The molecule has 1 amide bonds. The number of para-hydroxylation sites is 2. The van der Waals surface area contributed by atoms with Crippen LogP contribution < -0.4 is 10.1 Å². The fourth-order valence-electron chi connectivity index (χ4n) is 2.32. The van der Waals surface area contributed by atoms with E-state index in [0.29, 0.717) is 23.0 Å². The second kappa shape index (κ2) is 4.91. The van der Waals surface area contributed by atoms with Crippen molar-refractivity contribution in [2.45, 2.75) is 12.5 Å². The molecule has 114 valence electrons. The Kier molecular flexibility index (Phi) is 2.87. The van der Waals surface area contributed by atoms with E-state index in [1.165, 1.54) is 0 Å². The molecular weight excluding hydrogens is 296 g/mol. The third-order valence-electron chi connectivity index (χ3n) is 3.61. The second-order valence-electron chi connectivity index (χ2n) is 5.22. The molecule has 7 heteroatoms. The highest BCUT2D eigenvalue weighted by atomic mass is 16.5. The van der Waals surface area contributed by atoms with E-state index in [4.69, 9.17) is 9.26 Å². The van der Waals surface area contributed by atoms with Crippen LogP contribution in [0.1, 0.15) is 12.8 Å². The number of rotatable bonds is 2. The largest absolute Gasteiger partial charge is 0.466 e. The van der Waals surface area contributed by atoms with E-state index in [-0.39, 0.29) is 11.8 Å². The first kappa shape index (κ1) is 13.4. The summed E-state index contributed by atoms with van der Waals surface area (Å²) in [5, 5.41) is 6.68. The Morgan fingerprint density at radius 1 is 1.13 bits per heavy atom. The number of fused-ring (bicyclic) bond motifs is 1. The molecule has 1 atom stereocenters. The predicted octanol–water partition coefficient (Wildman–Crippen LogP) is 2.38. The normalized spacial score (nSPS) is 19.6. The van der Waals surface area contributed by atoms with E-state index in [1.807, 2.05) is 18.2 Å². The van der Waals surface area contributed by atoms with Gasteiger partial charge in [-0.1, -0.05) is 23.4 Å². The molecule has 1 N–H and O–H groups in total. The highest BCUT2D eigenvalue weighted by molar-refractivity contribution is 6.00. The lowest BCUT2D eigenvalue weighted by atomic mass is 10.0. The van der Waals surface area contributed by atoms with Crippen molar-refractivity contribution in [2.75, 3.05) is 5.32 Å². The summed E-state index contributed by atoms with van der Waals surface area (Å²) in [4.78, 5) is 20.9. The van der Waals surface area contributed by atoms with Crippen molar-refractivity contribution < 1.29 is 14.1 Å². The van der Waals surface area contributed by atoms with Gasteiger partial charge < -0.3 is 14.6 Å². The van der Waals surface area contributed by atoms with Gasteiger partial charge in [-0.3, -0.25) is 9.78 Å². The van der Waals surface area contributed by atoms with E-state index in [1.54, 1.807) is 37.4 Å². The first-order chi connectivity index (χ1) is 11.2. The highest BCUT2D eigenvalue weighted by Crippen LogP contribution is 2.38. The van der Waals surface area contributed by atoms with E-state index in [0.717, 1.165) is 0 Å². The SMILES string of the molecule is C[C@]1(c2nc(-c3ccccn3)no2)Oc2ccccc2NC1=O. The van der Waals surface area contributed by atoms with Crippen LogP contribution in [-0.2, 0) is 10.4 Å². The number of benzene rings is 1. The summed E-state index contributed by atoms with van der Waals surface area (Å²) in [6.07, 6.45) is 1.63. The minimum absolute atomic E-state index is 0.0742. The van der Waals surface area contributed by atoms with Crippen molar-refractivity contribution in [3.63, 3.8) is 0 Å². The zero-order valence-corrected chi connectivity index (χ0v) is 12.2. The van der Waals surface area contributed by atoms with Gasteiger partial charge in [-0.2, -0.15) is 4.98 Å². The number of nitrogens with one attached hydrogen (secondary N) is 1. The molecule has 0 radical (unpaired) electrons. The van der Waals surface area contributed by atoms with Crippen LogP contribution in [0, 0.1) is 0 Å². The zero-order chi connectivity index (χ0) is 15.9. The van der Waals surface area contributed by atoms with Crippen LogP contribution in [0.3, 0.4) is 0 Å². The molecule has 2 aromatic heterocycles. The van der Waals surface area contributed by atoms with Crippen LogP contribution in [0.5, 0.6) is 5.75 Å². The van der Waals surface area contributed by atoms with E-state index in [2.05, 4.69) is 20.4 Å². The number of pyridine rings is 1. The van der Waals surface area contributed by atoms with Gasteiger partial charge >= 0.3 is 0 Å². The van der Waals surface area contributed by atoms with Crippen molar-refractivity contribution >= 4 is 11.6 Å². The molecule has 3 heterocycles. The summed E-state index contributed by atoms with van der Waals surface area (Å²) >= 11 is 0. The van der Waals surface area contributed by atoms with Gasteiger partial charge in [-0.05, 0) is 31.2 Å². The Morgan fingerprint density at radius 2 is 1.96 bits per heavy atom. The standard InChI is InChI=1S/C16H12N4O3/c1-16(14(21)18-10-6-2-3-8-12(10)22-16)15-19-13(20-23-15)11-7-4-5-9-17-11/h2-9H,1H3,(H,18,21)/t16-/m0/s1. The first-order valence-corrected chi connectivity index (χ1v) is 7.02. The van der Waals surface area contributed by atoms with Crippen LogP contribution in [0.15, 0.2) is 53.2 Å². The van der Waals surface area contributed by atoms with Crippen LogP contribution in [0.25, 0.3) is 11.5 Å². The van der Waals surface area contributed by atoms with E-state index in [9.17, 15) is 4.79 Å². The molecule has 1 aliphatic rings. The monoisotopic (exact) mass is 308 g/mol. The Morgan fingerprint density at radius 3 is 2.78 bits per heavy atom. The average Bonchev–Trinajstić information content (AvgIpc) is 3.07. The number of hydrogen-bond donors (Lipinski definition) is 1. The van der Waals surface area contributed by atoms with Gasteiger partial charge in [-0.15, -0.1) is 0 Å². The lowest BCUT2D eigenvalue weighted by Gasteiger charge is -2.31. The molecule has 0 aliphatic carbocycles. The number of aromatic nitrogens is 3. The minimum Gasteiger partial charge on any atom is -0.466 e. The highest BCUT2D eigenvalue weighted by Gasteiger charge is 2.47. The topological polar surface area (TPSA) is 90.1 Å². The summed E-state index contributed by atoms with van der Waals surface area (Å²) in [6, 6.07) is 12.5. The average molecular weight is 308 g/mol. The number of amides is 1. The van der Waals surface area contributed by atoms with Crippen molar-refractivity contribution in [2.24, 2.45) is 0 Å². The van der Waals surface area contributed by atoms with E-state index < -0.39 is 5.60 Å². The maximum Gasteiger partial charge on any atom is 0.280 e. The maximum atomic E-state index is 12.4. The molecule has 1 aromatic carbocycles. The van der Waals surface area contributed by atoms with Crippen LogP contribution >= 0.6 is 0 Å². The number of anilines is 1. The minimum atomic E-state index is -1.39. The lowest BCUT2D eigenvalue weighted by Crippen LogP contribution is -2.46. The fraction of sp³-hybridized carbons (Fsp3) is 0.125. The van der Waals surface area contributed by atoms with Gasteiger partial charge in [0.1, 0.15) is 11.4 Å². The lowest BCUT2D eigenvalue weighted by molar-refractivity contribution is -0.133. The van der Waals surface area contributed by atoms with Gasteiger partial charge in [-0.25, -0.2) is 0 Å². The molecule has 7 nitrogen and oxygen atoms in total. The van der Waals surface area contributed by atoms with Gasteiger partial charge in [0, 0.05) is 6.20 Å². The van der Waals surface area contributed by atoms with Gasteiger partial charge in [0.2, 0.25) is 5.82 Å². The zero-order valence-electron chi connectivity index (χ0n) is 12.2. The van der Waals surface area contributed by atoms with Crippen molar-refractivity contribution in [3.05, 3.63) is 54.6 Å². The third kappa shape index (κ3) is 2.13. The Labute approximate surface area is 131 Å². The van der Waals surface area contributed by atoms with Crippen molar-refractivity contribution in [1.82, 2.24) is 15.1 Å². The fourth-order valence-corrected chi connectivity index (χ4v) is 2.32. The Hall–Kier alpha value is -3.22. The molecule has 4 rings (SSSR count). The van der Waals surface area contributed by atoms with Crippen LogP contribution in [-0.4, -0.2) is 21.0 Å². The number of nitrogens with zero attached hydrogens (tertiary/aromatic N) is 3. The summed E-state index contributed by atoms with van der Waals surface area (Å²) in [5.41, 5.74) is -0.226. The number of carbonyl (C=O) groups is 1. The Bertz CT molecular complexity index is 878. The number of carbonyl (C=O) groups excluding carboxylic acids is 1. The quantitative estimate of drug-likeness (QED) is 0.781. The van der Waals surface area contributed by atoms with Crippen LogP contribution in [0.2, 0.25) is 0 Å². The van der Waals surface area contributed by atoms with Gasteiger partial charge in [0.05, 0.1) is 5.69 Å². The van der Waals surface area contributed by atoms with Gasteiger partial charge in [0.25, 0.3) is 17.4 Å². The molecule has 0 spiro atoms. The molecule has 0 saturated carbocycles. The van der Waals surface area contributed by atoms with Crippen LogP contribution in [0.4, 0.5) is 5.69 Å². The summed E-state index contributed by atoms with van der Waals surface area (Å²) in [6.45, 7) is 1.59. The summed E-state index contributed by atoms with van der Waals surface area (Å²) in [5.74, 6) is 0.557. The first-order valence-electron chi connectivity index (χ1n) is 7.02. The van der Waals surface area contributed by atoms with Crippen molar-refractivity contribution in [1.29, 1.82) is 0 Å². The smallest absolute Gasteiger partial charge is 0.280 e.